The summed E-state index contributed by atoms with van der Waals surface area (Å²) >= 11 is 0. The van der Waals surface area contributed by atoms with Crippen LogP contribution in [-0.4, -0.2) is 33.9 Å². The topological polar surface area (TPSA) is 92.8 Å². The molecule has 29 heavy (non-hydrogen) atoms. The van der Waals surface area contributed by atoms with Crippen molar-refractivity contribution in [3.8, 4) is 0 Å². The highest BCUT2D eigenvalue weighted by Crippen LogP contribution is 2.40. The Morgan fingerprint density at radius 1 is 1.10 bits per heavy atom. The summed E-state index contributed by atoms with van der Waals surface area (Å²) in [6, 6.07) is 14.2. The number of nitrogens with one attached hydrogen (secondary N) is 1. The molecule has 3 aromatic carbocycles. The Labute approximate surface area is 167 Å². The molecule has 3 aromatic rings. The monoisotopic (exact) mass is 410 g/mol. The van der Waals surface area contributed by atoms with Gasteiger partial charge in [0.05, 0.1) is 28.9 Å². The fraction of sp³-hybridized carbons (Fsp3) is 0.143. The Morgan fingerprint density at radius 2 is 1.86 bits per heavy atom. The van der Waals surface area contributed by atoms with Gasteiger partial charge in [0, 0.05) is 22.9 Å². The smallest absolute Gasteiger partial charge is 0.337 e. The molecule has 1 N–H and O–H groups in total. The highest BCUT2D eigenvalue weighted by Gasteiger charge is 2.30. The summed E-state index contributed by atoms with van der Waals surface area (Å²) in [7, 11) is -2.73. The van der Waals surface area contributed by atoms with Crippen molar-refractivity contribution in [1.82, 2.24) is 0 Å². The zero-order chi connectivity index (χ0) is 20.8. The Bertz CT molecular complexity index is 1270. The zero-order valence-corrected chi connectivity index (χ0v) is 16.6. The molecule has 0 spiro atoms. The van der Waals surface area contributed by atoms with E-state index in [1.54, 1.807) is 35.2 Å². The SMILES string of the molecule is CCN1C(=O)c2cccc3c(NS(=O)(=O)c4cccc(C(=O)OC)c4)ccc1c23. The normalized spacial score (nSPS) is 13.0. The van der Waals surface area contributed by atoms with Crippen LogP contribution in [0, 0.1) is 0 Å². The number of anilines is 2. The first kappa shape index (κ1) is 18.9. The summed E-state index contributed by atoms with van der Waals surface area (Å²) in [6.45, 7) is 2.41. The molecule has 1 aliphatic heterocycles. The molecule has 1 heterocycles. The fourth-order valence-corrected chi connectivity index (χ4v) is 4.69. The second-order valence-electron chi connectivity index (χ2n) is 6.53. The number of hydrogen-bond donors (Lipinski definition) is 1. The number of rotatable bonds is 5. The van der Waals surface area contributed by atoms with Crippen LogP contribution >= 0.6 is 0 Å². The number of carbonyl (C=O) groups excluding carboxylic acids is 2. The molecular weight excluding hydrogens is 392 g/mol. The van der Waals surface area contributed by atoms with Crippen LogP contribution in [0.3, 0.4) is 0 Å². The van der Waals surface area contributed by atoms with Gasteiger partial charge in [-0.05, 0) is 43.3 Å². The molecule has 1 aliphatic rings. The van der Waals surface area contributed by atoms with Crippen molar-refractivity contribution in [3.05, 3.63) is 65.7 Å². The Kier molecular flexibility index (Phi) is 4.50. The van der Waals surface area contributed by atoms with Crippen LogP contribution in [0.4, 0.5) is 11.4 Å². The number of nitrogens with zero attached hydrogens (tertiary/aromatic N) is 1. The third-order valence-electron chi connectivity index (χ3n) is 4.91. The van der Waals surface area contributed by atoms with Gasteiger partial charge in [-0.15, -0.1) is 0 Å². The summed E-state index contributed by atoms with van der Waals surface area (Å²) < 4.78 is 33.1. The molecule has 148 valence electrons. The highest BCUT2D eigenvalue weighted by molar-refractivity contribution is 7.92. The van der Waals surface area contributed by atoms with Crippen molar-refractivity contribution in [1.29, 1.82) is 0 Å². The largest absolute Gasteiger partial charge is 0.465 e. The van der Waals surface area contributed by atoms with Crippen LogP contribution in [0.25, 0.3) is 10.8 Å². The van der Waals surface area contributed by atoms with Crippen LogP contribution < -0.4 is 9.62 Å². The zero-order valence-electron chi connectivity index (χ0n) is 15.8. The first-order valence-corrected chi connectivity index (χ1v) is 10.4. The molecule has 8 heteroatoms. The lowest BCUT2D eigenvalue weighted by molar-refractivity contribution is 0.0600. The van der Waals surface area contributed by atoms with E-state index in [4.69, 9.17) is 0 Å². The first-order valence-electron chi connectivity index (χ1n) is 8.96. The van der Waals surface area contributed by atoms with Gasteiger partial charge in [0.15, 0.2) is 0 Å². The number of benzene rings is 3. The quantitative estimate of drug-likeness (QED) is 0.651. The number of carbonyl (C=O) groups is 2. The second kappa shape index (κ2) is 6.89. The van der Waals surface area contributed by atoms with Gasteiger partial charge in [0.2, 0.25) is 0 Å². The molecule has 0 fully saturated rings. The van der Waals surface area contributed by atoms with Crippen molar-refractivity contribution in [3.63, 3.8) is 0 Å². The molecule has 0 bridgehead atoms. The molecule has 7 nitrogen and oxygen atoms in total. The molecule has 0 aliphatic carbocycles. The van der Waals surface area contributed by atoms with Crippen LogP contribution in [0.5, 0.6) is 0 Å². The molecule has 0 unspecified atom stereocenters. The van der Waals surface area contributed by atoms with Gasteiger partial charge in [-0.25, -0.2) is 13.2 Å². The summed E-state index contributed by atoms with van der Waals surface area (Å²) in [4.78, 5) is 25.9. The van der Waals surface area contributed by atoms with E-state index in [0.717, 1.165) is 11.1 Å². The van der Waals surface area contributed by atoms with Crippen LogP contribution in [0.1, 0.15) is 27.6 Å². The lowest BCUT2D eigenvalue weighted by Crippen LogP contribution is -2.25. The molecule has 0 saturated carbocycles. The molecule has 4 rings (SSSR count). The maximum absolute atomic E-state index is 12.9. The lowest BCUT2D eigenvalue weighted by Gasteiger charge is -2.16. The van der Waals surface area contributed by atoms with E-state index in [2.05, 4.69) is 9.46 Å². The summed E-state index contributed by atoms with van der Waals surface area (Å²) in [5.74, 6) is -0.718. The lowest BCUT2D eigenvalue weighted by atomic mass is 10.0. The van der Waals surface area contributed by atoms with Crippen LogP contribution in [0.2, 0.25) is 0 Å². The Balaban J connectivity index is 1.79. The summed E-state index contributed by atoms with van der Waals surface area (Å²) in [6.07, 6.45) is 0. The van der Waals surface area contributed by atoms with E-state index in [-0.39, 0.29) is 16.4 Å². The predicted molar refractivity (Wildman–Crippen MR) is 110 cm³/mol. The van der Waals surface area contributed by atoms with Crippen molar-refractivity contribution >= 4 is 44.0 Å². The van der Waals surface area contributed by atoms with Gasteiger partial charge >= 0.3 is 5.97 Å². The Hall–Kier alpha value is -3.39. The molecule has 1 amide bonds. The van der Waals surface area contributed by atoms with Crippen molar-refractivity contribution < 1.29 is 22.7 Å². The predicted octanol–water partition coefficient (Wildman–Crippen LogP) is 3.41. The minimum atomic E-state index is -3.96. The summed E-state index contributed by atoms with van der Waals surface area (Å²) in [5, 5.41) is 1.36. The van der Waals surface area contributed by atoms with Crippen molar-refractivity contribution in [2.45, 2.75) is 11.8 Å². The third kappa shape index (κ3) is 3.01. The highest BCUT2D eigenvalue weighted by atomic mass is 32.2. The maximum Gasteiger partial charge on any atom is 0.337 e. The van der Waals surface area contributed by atoms with Gasteiger partial charge in [-0.3, -0.25) is 9.52 Å². The fourth-order valence-electron chi connectivity index (χ4n) is 3.56. The van der Waals surface area contributed by atoms with E-state index in [1.165, 1.54) is 31.4 Å². The van der Waals surface area contributed by atoms with E-state index in [0.29, 0.717) is 23.2 Å². The van der Waals surface area contributed by atoms with E-state index in [9.17, 15) is 18.0 Å². The molecule has 0 radical (unpaired) electrons. The van der Waals surface area contributed by atoms with Crippen LogP contribution in [0.15, 0.2) is 59.5 Å². The Morgan fingerprint density at radius 3 is 2.59 bits per heavy atom. The van der Waals surface area contributed by atoms with Gasteiger partial charge in [-0.1, -0.05) is 18.2 Å². The van der Waals surface area contributed by atoms with E-state index in [1.807, 2.05) is 6.92 Å². The average molecular weight is 410 g/mol. The molecule has 0 atom stereocenters. The van der Waals surface area contributed by atoms with Crippen molar-refractivity contribution in [2.24, 2.45) is 0 Å². The molecule has 0 aromatic heterocycles. The standard InChI is InChI=1S/C21H18N2O5S/c1-3-23-18-11-10-17(15-8-5-9-16(19(15)18)20(23)24)22-29(26,27)14-7-4-6-13(12-14)21(25)28-2/h4-12,22H,3H2,1-2H3. The summed E-state index contributed by atoms with van der Waals surface area (Å²) in [5.41, 5.74) is 1.81. The third-order valence-corrected chi connectivity index (χ3v) is 6.27. The second-order valence-corrected chi connectivity index (χ2v) is 8.22. The minimum Gasteiger partial charge on any atom is -0.465 e. The average Bonchev–Trinajstić information content (AvgIpc) is 3.02. The number of esters is 1. The van der Waals surface area contributed by atoms with Crippen molar-refractivity contribution in [2.75, 3.05) is 23.3 Å². The van der Waals surface area contributed by atoms with Gasteiger partial charge in [0.25, 0.3) is 15.9 Å². The van der Waals surface area contributed by atoms with E-state index >= 15 is 0 Å². The van der Waals surface area contributed by atoms with Crippen LogP contribution in [-0.2, 0) is 14.8 Å². The minimum absolute atomic E-state index is 0.0603. The number of hydrogen-bond acceptors (Lipinski definition) is 5. The van der Waals surface area contributed by atoms with Gasteiger partial charge in [0.1, 0.15) is 0 Å². The van der Waals surface area contributed by atoms with Gasteiger partial charge < -0.3 is 9.64 Å². The van der Waals surface area contributed by atoms with E-state index < -0.39 is 16.0 Å². The maximum atomic E-state index is 12.9. The first-order chi connectivity index (χ1) is 13.9. The number of amides is 1. The number of sulfonamides is 1. The molecule has 0 saturated heterocycles. The number of ether oxygens (including phenoxy) is 1. The molecular formula is C21H18N2O5S. The number of methoxy groups -OCH3 is 1. The van der Waals surface area contributed by atoms with Gasteiger partial charge in [-0.2, -0.15) is 0 Å².